The zero-order chi connectivity index (χ0) is 15.9. The molecule has 0 radical (unpaired) electrons. The van der Waals surface area contributed by atoms with Crippen molar-refractivity contribution < 1.29 is 17.9 Å². The summed E-state index contributed by atoms with van der Waals surface area (Å²) >= 11 is 0. The number of benzene rings is 1. The summed E-state index contributed by atoms with van der Waals surface area (Å²) in [5.41, 5.74) is 0.298. The Morgan fingerprint density at radius 2 is 1.95 bits per heavy atom. The molecular formula is C14H18N2O4S. The second-order valence-electron chi connectivity index (χ2n) is 4.82. The van der Waals surface area contributed by atoms with Gasteiger partial charge in [0.05, 0.1) is 23.1 Å². The van der Waals surface area contributed by atoms with E-state index >= 15 is 0 Å². The highest BCUT2D eigenvalue weighted by molar-refractivity contribution is 7.89. The molecule has 1 rings (SSSR count). The van der Waals surface area contributed by atoms with Crippen molar-refractivity contribution in [3.8, 4) is 6.07 Å². The zero-order valence-corrected chi connectivity index (χ0v) is 12.8. The predicted molar refractivity (Wildman–Crippen MR) is 77.0 cm³/mol. The smallest absolute Gasteiger partial charge is 0.338 e. The molecular weight excluding hydrogens is 292 g/mol. The number of ether oxygens (including phenoxy) is 1. The van der Waals surface area contributed by atoms with Crippen LogP contribution in [0.15, 0.2) is 29.2 Å². The van der Waals surface area contributed by atoms with Crippen LogP contribution >= 0.6 is 0 Å². The second kappa shape index (κ2) is 7.76. The van der Waals surface area contributed by atoms with Crippen molar-refractivity contribution in [1.82, 2.24) is 4.72 Å². The quantitative estimate of drug-likeness (QED) is 0.610. The minimum Gasteiger partial charge on any atom is -0.462 e. The van der Waals surface area contributed by atoms with E-state index in [1.165, 1.54) is 24.3 Å². The van der Waals surface area contributed by atoms with E-state index in [0.29, 0.717) is 12.2 Å². The van der Waals surface area contributed by atoms with Crippen LogP contribution in [0.5, 0.6) is 0 Å². The molecule has 0 unspecified atom stereocenters. The number of carbonyl (C=O) groups is 1. The highest BCUT2D eigenvalue weighted by Crippen LogP contribution is 2.11. The lowest BCUT2D eigenvalue weighted by Gasteiger charge is -2.08. The van der Waals surface area contributed by atoms with E-state index in [9.17, 15) is 13.2 Å². The summed E-state index contributed by atoms with van der Waals surface area (Å²) in [6.45, 7) is 4.22. The maximum atomic E-state index is 11.9. The standard InChI is InChI=1S/C14H18N2O4S/c1-11(2)10-20-14(17)12-4-6-13(7-5-12)21(18,19)16-9-3-8-15/h4-7,11,16H,3,9-10H2,1-2H3. The van der Waals surface area contributed by atoms with E-state index in [1.807, 2.05) is 19.9 Å². The van der Waals surface area contributed by atoms with Gasteiger partial charge in [-0.15, -0.1) is 0 Å². The van der Waals surface area contributed by atoms with E-state index in [-0.39, 0.29) is 23.8 Å². The minimum absolute atomic E-state index is 0.0425. The molecule has 0 saturated carbocycles. The Bertz CT molecular complexity index is 615. The summed E-state index contributed by atoms with van der Waals surface area (Å²) in [6, 6.07) is 7.33. The van der Waals surface area contributed by atoms with Gasteiger partial charge in [-0.2, -0.15) is 5.26 Å². The first kappa shape index (κ1) is 17.1. The molecule has 21 heavy (non-hydrogen) atoms. The first-order valence-corrected chi connectivity index (χ1v) is 7.99. The fourth-order valence-corrected chi connectivity index (χ4v) is 2.45. The molecule has 7 heteroatoms. The summed E-state index contributed by atoms with van der Waals surface area (Å²) in [4.78, 5) is 11.7. The van der Waals surface area contributed by atoms with E-state index < -0.39 is 16.0 Å². The number of sulfonamides is 1. The van der Waals surface area contributed by atoms with Gasteiger partial charge in [0.15, 0.2) is 0 Å². The minimum atomic E-state index is -3.65. The zero-order valence-electron chi connectivity index (χ0n) is 12.0. The molecule has 0 aromatic heterocycles. The van der Waals surface area contributed by atoms with Crippen LogP contribution in [-0.2, 0) is 14.8 Å². The van der Waals surface area contributed by atoms with E-state index in [4.69, 9.17) is 10.00 Å². The fourth-order valence-electron chi connectivity index (χ4n) is 1.42. The van der Waals surface area contributed by atoms with Gasteiger partial charge in [-0.05, 0) is 30.2 Å². The van der Waals surface area contributed by atoms with Gasteiger partial charge in [-0.25, -0.2) is 17.9 Å². The Labute approximate surface area is 124 Å². The lowest BCUT2D eigenvalue weighted by molar-refractivity contribution is 0.0459. The van der Waals surface area contributed by atoms with Crippen LogP contribution in [0.25, 0.3) is 0 Å². The number of carbonyl (C=O) groups excluding carboxylic acids is 1. The fraction of sp³-hybridized carbons (Fsp3) is 0.429. The van der Waals surface area contributed by atoms with Crippen molar-refractivity contribution in [3.05, 3.63) is 29.8 Å². The molecule has 114 valence electrons. The van der Waals surface area contributed by atoms with Crippen molar-refractivity contribution in [1.29, 1.82) is 5.26 Å². The normalized spacial score (nSPS) is 11.1. The molecule has 1 N–H and O–H groups in total. The molecule has 0 aliphatic heterocycles. The topological polar surface area (TPSA) is 96.3 Å². The van der Waals surface area contributed by atoms with E-state index in [1.54, 1.807) is 0 Å². The predicted octanol–water partition coefficient (Wildman–Crippen LogP) is 1.69. The van der Waals surface area contributed by atoms with E-state index in [0.717, 1.165) is 0 Å². The first-order valence-electron chi connectivity index (χ1n) is 6.50. The third kappa shape index (κ3) is 5.53. The molecule has 6 nitrogen and oxygen atoms in total. The van der Waals surface area contributed by atoms with Gasteiger partial charge < -0.3 is 4.74 Å². The van der Waals surface area contributed by atoms with Crippen LogP contribution in [0, 0.1) is 17.2 Å². The number of hydrogen-bond acceptors (Lipinski definition) is 5. The van der Waals surface area contributed by atoms with Crippen molar-refractivity contribution in [2.45, 2.75) is 25.2 Å². The van der Waals surface area contributed by atoms with Gasteiger partial charge in [-0.3, -0.25) is 0 Å². The summed E-state index contributed by atoms with van der Waals surface area (Å²) in [5.74, 6) is -0.247. The molecule has 0 aliphatic rings. The highest BCUT2D eigenvalue weighted by Gasteiger charge is 2.15. The monoisotopic (exact) mass is 310 g/mol. The average molecular weight is 310 g/mol. The molecule has 0 atom stereocenters. The number of rotatable bonds is 7. The van der Waals surface area contributed by atoms with Gasteiger partial charge in [0.2, 0.25) is 10.0 Å². The number of nitrogens with one attached hydrogen (secondary N) is 1. The second-order valence-corrected chi connectivity index (χ2v) is 6.59. The maximum Gasteiger partial charge on any atom is 0.338 e. The Morgan fingerprint density at radius 1 is 1.33 bits per heavy atom. The molecule has 0 heterocycles. The number of nitriles is 1. The Hall–Kier alpha value is -1.91. The van der Waals surface area contributed by atoms with Crippen molar-refractivity contribution in [2.75, 3.05) is 13.2 Å². The van der Waals surface area contributed by atoms with Crippen molar-refractivity contribution in [2.24, 2.45) is 5.92 Å². The van der Waals surface area contributed by atoms with Crippen LogP contribution in [0.1, 0.15) is 30.6 Å². The summed E-state index contributed by atoms with van der Waals surface area (Å²) < 4.78 is 31.1. The molecule has 0 bridgehead atoms. The van der Waals surface area contributed by atoms with Gasteiger partial charge in [0, 0.05) is 13.0 Å². The number of nitrogens with zero attached hydrogens (tertiary/aromatic N) is 1. The average Bonchev–Trinajstić information content (AvgIpc) is 2.45. The van der Waals surface area contributed by atoms with Gasteiger partial charge in [0.1, 0.15) is 0 Å². The van der Waals surface area contributed by atoms with Gasteiger partial charge in [-0.1, -0.05) is 13.8 Å². The Kier molecular flexibility index (Phi) is 6.34. The first-order chi connectivity index (χ1) is 9.86. The third-order valence-electron chi connectivity index (χ3n) is 2.48. The van der Waals surface area contributed by atoms with Crippen LogP contribution < -0.4 is 4.72 Å². The van der Waals surface area contributed by atoms with Crippen LogP contribution in [0.3, 0.4) is 0 Å². The largest absolute Gasteiger partial charge is 0.462 e. The van der Waals surface area contributed by atoms with Gasteiger partial charge in [0.25, 0.3) is 0 Å². The molecule has 0 aliphatic carbocycles. The van der Waals surface area contributed by atoms with Gasteiger partial charge >= 0.3 is 5.97 Å². The van der Waals surface area contributed by atoms with Crippen LogP contribution in [0.4, 0.5) is 0 Å². The molecule has 0 amide bonds. The summed E-state index contributed by atoms with van der Waals surface area (Å²) in [7, 11) is -3.65. The summed E-state index contributed by atoms with van der Waals surface area (Å²) in [6.07, 6.45) is 0.0961. The lowest BCUT2D eigenvalue weighted by Crippen LogP contribution is -2.24. The number of esters is 1. The summed E-state index contributed by atoms with van der Waals surface area (Å²) in [5, 5.41) is 8.38. The molecule has 0 fully saturated rings. The van der Waals surface area contributed by atoms with E-state index in [2.05, 4.69) is 4.72 Å². The SMILES string of the molecule is CC(C)COC(=O)c1ccc(S(=O)(=O)NCCC#N)cc1. The molecule has 0 saturated heterocycles. The Morgan fingerprint density at radius 3 is 2.48 bits per heavy atom. The molecule has 0 spiro atoms. The Balaban J connectivity index is 2.73. The highest BCUT2D eigenvalue weighted by atomic mass is 32.2. The van der Waals surface area contributed by atoms with Crippen LogP contribution in [0.2, 0.25) is 0 Å². The van der Waals surface area contributed by atoms with Crippen molar-refractivity contribution >= 4 is 16.0 Å². The lowest BCUT2D eigenvalue weighted by atomic mass is 10.2. The van der Waals surface area contributed by atoms with Crippen LogP contribution in [-0.4, -0.2) is 27.5 Å². The molecule has 1 aromatic rings. The number of hydrogen-bond donors (Lipinski definition) is 1. The maximum absolute atomic E-state index is 11.9. The third-order valence-corrected chi connectivity index (χ3v) is 3.95. The molecule has 1 aromatic carbocycles. The van der Waals surface area contributed by atoms with Crippen molar-refractivity contribution in [3.63, 3.8) is 0 Å².